The summed E-state index contributed by atoms with van der Waals surface area (Å²) in [4.78, 5) is 12.4. The van der Waals surface area contributed by atoms with Crippen molar-refractivity contribution in [1.82, 2.24) is 0 Å². The average Bonchev–Trinajstić information content (AvgIpc) is 3.09. The zero-order chi connectivity index (χ0) is 16.1. The molecule has 0 atom stereocenters. The summed E-state index contributed by atoms with van der Waals surface area (Å²) in [7, 11) is 1.57. The fourth-order valence-corrected chi connectivity index (χ4v) is 2.99. The van der Waals surface area contributed by atoms with Crippen LogP contribution in [0.25, 0.3) is 0 Å². The number of nitrogens with one attached hydrogen (secondary N) is 2. The summed E-state index contributed by atoms with van der Waals surface area (Å²) >= 11 is 0. The lowest BCUT2D eigenvalue weighted by molar-refractivity contribution is 0.102. The number of carbonyl (C=O) groups excluding carboxylic acids is 1. The van der Waals surface area contributed by atoms with E-state index in [4.69, 9.17) is 4.74 Å². The van der Waals surface area contributed by atoms with Crippen LogP contribution in [0, 0.1) is 0 Å². The largest absolute Gasteiger partial charge is 0.496 e. The first kappa shape index (κ1) is 15.4. The van der Waals surface area contributed by atoms with Crippen LogP contribution in [0.1, 0.15) is 36.0 Å². The molecule has 4 nitrogen and oxygen atoms in total. The van der Waals surface area contributed by atoms with Gasteiger partial charge in [0.05, 0.1) is 12.7 Å². The summed E-state index contributed by atoms with van der Waals surface area (Å²) in [5.41, 5.74) is 2.41. The molecule has 2 aromatic rings. The number of anilines is 2. The third-order valence-electron chi connectivity index (χ3n) is 4.22. The minimum Gasteiger partial charge on any atom is -0.496 e. The van der Waals surface area contributed by atoms with E-state index >= 15 is 0 Å². The zero-order valence-electron chi connectivity index (χ0n) is 13.3. The van der Waals surface area contributed by atoms with E-state index < -0.39 is 0 Å². The van der Waals surface area contributed by atoms with Crippen molar-refractivity contribution in [2.45, 2.75) is 31.7 Å². The second-order valence-electron chi connectivity index (χ2n) is 5.86. The van der Waals surface area contributed by atoms with Crippen molar-refractivity contribution in [3.63, 3.8) is 0 Å². The zero-order valence-corrected chi connectivity index (χ0v) is 13.3. The molecule has 0 aliphatic heterocycles. The number of ether oxygens (including phenoxy) is 1. The molecular formula is C19H22N2O2. The van der Waals surface area contributed by atoms with Gasteiger partial charge in [0.15, 0.2) is 0 Å². The summed E-state index contributed by atoms with van der Waals surface area (Å²) in [5.74, 6) is 0.406. The summed E-state index contributed by atoms with van der Waals surface area (Å²) < 4.78 is 5.23. The van der Waals surface area contributed by atoms with Gasteiger partial charge in [-0.05, 0) is 49.2 Å². The molecule has 0 heterocycles. The Balaban J connectivity index is 1.64. The fourth-order valence-electron chi connectivity index (χ4n) is 2.99. The summed E-state index contributed by atoms with van der Waals surface area (Å²) in [6.07, 6.45) is 5.11. The lowest BCUT2D eigenvalue weighted by atomic mass is 10.1. The van der Waals surface area contributed by atoms with Crippen LogP contribution >= 0.6 is 0 Å². The van der Waals surface area contributed by atoms with Crippen molar-refractivity contribution in [3.05, 3.63) is 54.1 Å². The van der Waals surface area contributed by atoms with Crippen LogP contribution in [0.3, 0.4) is 0 Å². The standard InChI is InChI=1S/C19H22N2O2/c1-23-18-9-5-4-8-17(18)19(22)21-16-12-10-15(11-13-16)20-14-6-2-3-7-14/h4-5,8-14,20H,2-3,6-7H2,1H3,(H,21,22). The van der Waals surface area contributed by atoms with E-state index in [1.54, 1.807) is 19.2 Å². The molecule has 0 aromatic heterocycles. The number of amides is 1. The van der Waals surface area contributed by atoms with E-state index in [9.17, 15) is 4.79 Å². The molecule has 4 heteroatoms. The summed E-state index contributed by atoms with van der Waals surface area (Å²) in [6.45, 7) is 0. The first-order valence-corrected chi connectivity index (χ1v) is 8.07. The second-order valence-corrected chi connectivity index (χ2v) is 5.86. The Morgan fingerprint density at radius 1 is 1.00 bits per heavy atom. The van der Waals surface area contributed by atoms with E-state index in [0.29, 0.717) is 17.4 Å². The highest BCUT2D eigenvalue weighted by atomic mass is 16.5. The van der Waals surface area contributed by atoms with Crippen LogP contribution in [0.2, 0.25) is 0 Å². The molecular weight excluding hydrogens is 288 g/mol. The third-order valence-corrected chi connectivity index (χ3v) is 4.22. The van der Waals surface area contributed by atoms with Crippen LogP contribution in [-0.2, 0) is 0 Å². The monoisotopic (exact) mass is 310 g/mol. The maximum absolute atomic E-state index is 12.4. The van der Waals surface area contributed by atoms with E-state index in [0.717, 1.165) is 11.4 Å². The third kappa shape index (κ3) is 3.83. The molecule has 120 valence electrons. The Morgan fingerprint density at radius 3 is 2.35 bits per heavy atom. The van der Waals surface area contributed by atoms with Gasteiger partial charge >= 0.3 is 0 Å². The maximum atomic E-state index is 12.4. The number of para-hydroxylation sites is 1. The van der Waals surface area contributed by atoms with E-state index in [1.165, 1.54) is 25.7 Å². The van der Waals surface area contributed by atoms with Gasteiger partial charge < -0.3 is 15.4 Å². The van der Waals surface area contributed by atoms with Crippen LogP contribution < -0.4 is 15.4 Å². The lowest BCUT2D eigenvalue weighted by Gasteiger charge is -2.14. The molecule has 1 amide bonds. The lowest BCUT2D eigenvalue weighted by Crippen LogP contribution is -2.15. The molecule has 1 saturated carbocycles. The Bertz CT molecular complexity index is 661. The van der Waals surface area contributed by atoms with E-state index in [2.05, 4.69) is 10.6 Å². The van der Waals surface area contributed by atoms with Gasteiger partial charge in [-0.1, -0.05) is 25.0 Å². The molecule has 3 rings (SSSR count). The van der Waals surface area contributed by atoms with Gasteiger partial charge in [-0.25, -0.2) is 0 Å². The number of rotatable bonds is 5. The highest BCUT2D eigenvalue weighted by molar-refractivity contribution is 6.06. The van der Waals surface area contributed by atoms with Crippen LogP contribution in [0.15, 0.2) is 48.5 Å². The summed E-state index contributed by atoms with van der Waals surface area (Å²) in [5, 5.41) is 6.45. The van der Waals surface area contributed by atoms with Crippen LogP contribution in [-0.4, -0.2) is 19.1 Å². The highest BCUT2D eigenvalue weighted by Crippen LogP contribution is 2.24. The van der Waals surface area contributed by atoms with Crippen LogP contribution in [0.4, 0.5) is 11.4 Å². The predicted octanol–water partition coefficient (Wildman–Crippen LogP) is 4.30. The smallest absolute Gasteiger partial charge is 0.259 e. The normalized spacial score (nSPS) is 14.5. The molecule has 0 spiro atoms. The molecule has 1 aliphatic carbocycles. The number of carbonyl (C=O) groups is 1. The molecule has 0 unspecified atom stereocenters. The Kier molecular flexibility index (Phi) is 4.81. The van der Waals surface area contributed by atoms with Gasteiger partial charge in [0.25, 0.3) is 5.91 Å². The molecule has 0 bridgehead atoms. The van der Waals surface area contributed by atoms with Gasteiger partial charge in [0, 0.05) is 17.4 Å². The minimum absolute atomic E-state index is 0.168. The highest BCUT2D eigenvalue weighted by Gasteiger charge is 2.14. The Labute approximate surface area is 136 Å². The first-order valence-electron chi connectivity index (χ1n) is 8.07. The number of hydrogen-bond donors (Lipinski definition) is 2. The Morgan fingerprint density at radius 2 is 1.65 bits per heavy atom. The molecule has 0 saturated heterocycles. The molecule has 2 aromatic carbocycles. The van der Waals surface area contributed by atoms with Gasteiger partial charge in [-0.2, -0.15) is 0 Å². The topological polar surface area (TPSA) is 50.4 Å². The Hall–Kier alpha value is -2.49. The molecule has 1 fully saturated rings. The fraction of sp³-hybridized carbons (Fsp3) is 0.316. The van der Waals surface area contributed by atoms with Crippen molar-refractivity contribution in [2.75, 3.05) is 17.7 Å². The van der Waals surface area contributed by atoms with Gasteiger partial charge in [0.2, 0.25) is 0 Å². The van der Waals surface area contributed by atoms with Crippen molar-refractivity contribution in [1.29, 1.82) is 0 Å². The number of benzene rings is 2. The van der Waals surface area contributed by atoms with Crippen molar-refractivity contribution < 1.29 is 9.53 Å². The maximum Gasteiger partial charge on any atom is 0.259 e. The summed E-state index contributed by atoms with van der Waals surface area (Å²) in [6, 6.07) is 15.7. The molecule has 0 radical (unpaired) electrons. The van der Waals surface area contributed by atoms with E-state index in [1.807, 2.05) is 36.4 Å². The van der Waals surface area contributed by atoms with Gasteiger partial charge in [0.1, 0.15) is 5.75 Å². The predicted molar refractivity (Wildman–Crippen MR) is 93.3 cm³/mol. The average molecular weight is 310 g/mol. The molecule has 2 N–H and O–H groups in total. The van der Waals surface area contributed by atoms with Crippen molar-refractivity contribution in [2.24, 2.45) is 0 Å². The minimum atomic E-state index is -0.168. The van der Waals surface area contributed by atoms with Crippen LogP contribution in [0.5, 0.6) is 5.75 Å². The number of methoxy groups -OCH3 is 1. The number of hydrogen-bond acceptors (Lipinski definition) is 3. The van der Waals surface area contributed by atoms with Gasteiger partial charge in [-0.3, -0.25) is 4.79 Å². The van der Waals surface area contributed by atoms with E-state index in [-0.39, 0.29) is 5.91 Å². The van der Waals surface area contributed by atoms with Crippen molar-refractivity contribution >= 4 is 17.3 Å². The quantitative estimate of drug-likeness (QED) is 0.865. The van der Waals surface area contributed by atoms with Gasteiger partial charge in [-0.15, -0.1) is 0 Å². The SMILES string of the molecule is COc1ccccc1C(=O)Nc1ccc(NC2CCCC2)cc1. The molecule has 23 heavy (non-hydrogen) atoms. The first-order chi connectivity index (χ1) is 11.3. The second kappa shape index (κ2) is 7.18. The molecule has 1 aliphatic rings. The van der Waals surface area contributed by atoms with Crippen molar-refractivity contribution in [3.8, 4) is 5.75 Å².